The lowest BCUT2D eigenvalue weighted by atomic mass is 10.2. The van der Waals surface area contributed by atoms with Gasteiger partial charge in [-0.2, -0.15) is 0 Å². The first-order valence-electron chi connectivity index (χ1n) is 5.83. The van der Waals surface area contributed by atoms with Gasteiger partial charge in [-0.05, 0) is 24.6 Å². The monoisotopic (exact) mass is 283 g/mol. The summed E-state index contributed by atoms with van der Waals surface area (Å²) in [6, 6.07) is 3.01. The summed E-state index contributed by atoms with van der Waals surface area (Å²) >= 11 is 0. The van der Waals surface area contributed by atoms with Gasteiger partial charge in [0, 0.05) is 5.57 Å². The van der Waals surface area contributed by atoms with Crippen molar-refractivity contribution in [2.24, 2.45) is 0 Å². The van der Waals surface area contributed by atoms with E-state index in [1.807, 2.05) is 0 Å². The van der Waals surface area contributed by atoms with Gasteiger partial charge in [-0.3, -0.25) is 10.1 Å². The van der Waals surface area contributed by atoms with Gasteiger partial charge < -0.3 is 9.47 Å². The van der Waals surface area contributed by atoms with Gasteiger partial charge in [-0.25, -0.2) is 9.18 Å². The lowest BCUT2D eigenvalue weighted by molar-refractivity contribution is -0.386. The summed E-state index contributed by atoms with van der Waals surface area (Å²) in [6.45, 7) is 1.72. The number of hydrogen-bond donors (Lipinski definition) is 0. The summed E-state index contributed by atoms with van der Waals surface area (Å²) < 4.78 is 22.7. The Kier molecular flexibility index (Phi) is 5.64. The van der Waals surface area contributed by atoms with Gasteiger partial charge in [0.1, 0.15) is 12.4 Å². The lowest BCUT2D eigenvalue weighted by Gasteiger charge is -2.06. The molecule has 0 heterocycles. The number of methoxy groups -OCH3 is 1. The summed E-state index contributed by atoms with van der Waals surface area (Å²) in [5.41, 5.74) is -0.0632. The smallest absolute Gasteiger partial charge is 0.333 e. The first-order valence-corrected chi connectivity index (χ1v) is 5.83. The van der Waals surface area contributed by atoms with E-state index in [0.29, 0.717) is 12.0 Å². The van der Waals surface area contributed by atoms with Crippen LogP contribution in [-0.4, -0.2) is 24.6 Å². The fourth-order valence-corrected chi connectivity index (χ4v) is 1.49. The summed E-state index contributed by atoms with van der Waals surface area (Å²) in [4.78, 5) is 21.3. The van der Waals surface area contributed by atoms with Crippen molar-refractivity contribution in [3.05, 3.63) is 45.8 Å². The van der Waals surface area contributed by atoms with E-state index in [1.54, 1.807) is 6.92 Å². The van der Waals surface area contributed by atoms with Gasteiger partial charge in [0.15, 0.2) is 5.75 Å². The molecule has 0 bridgehead atoms. The van der Waals surface area contributed by atoms with E-state index < -0.39 is 22.4 Å². The number of hydrogen-bond acceptors (Lipinski definition) is 5. The minimum absolute atomic E-state index is 0.0508. The quantitative estimate of drug-likeness (QED) is 0.347. The molecule has 0 radical (unpaired) electrons. The highest BCUT2D eigenvalue weighted by Crippen LogP contribution is 2.27. The van der Waals surface area contributed by atoms with Crippen LogP contribution in [0.15, 0.2) is 29.8 Å². The maximum atomic E-state index is 12.9. The highest BCUT2D eigenvalue weighted by Gasteiger charge is 2.16. The molecular weight excluding hydrogens is 269 g/mol. The van der Waals surface area contributed by atoms with Crippen molar-refractivity contribution in [2.75, 3.05) is 13.7 Å². The molecule has 0 atom stereocenters. The van der Waals surface area contributed by atoms with Crippen LogP contribution < -0.4 is 4.74 Å². The molecule has 1 aromatic rings. The zero-order chi connectivity index (χ0) is 15.1. The Labute approximate surface area is 115 Å². The number of carbonyl (C=O) groups excluding carboxylic acids is 1. The lowest BCUT2D eigenvalue weighted by Crippen LogP contribution is -2.06. The van der Waals surface area contributed by atoms with Crippen molar-refractivity contribution in [3.63, 3.8) is 0 Å². The van der Waals surface area contributed by atoms with E-state index in [2.05, 4.69) is 4.74 Å². The van der Waals surface area contributed by atoms with Crippen LogP contribution in [0.25, 0.3) is 0 Å². The second kappa shape index (κ2) is 7.22. The van der Waals surface area contributed by atoms with E-state index in [4.69, 9.17) is 4.74 Å². The summed E-state index contributed by atoms with van der Waals surface area (Å²) in [5.74, 6) is -1.26. The molecule has 0 aliphatic heterocycles. The largest absolute Gasteiger partial charge is 0.483 e. The second-order valence-electron chi connectivity index (χ2n) is 3.75. The van der Waals surface area contributed by atoms with Crippen molar-refractivity contribution in [3.8, 4) is 5.75 Å². The fraction of sp³-hybridized carbons (Fsp3) is 0.308. The summed E-state index contributed by atoms with van der Waals surface area (Å²) in [6.07, 6.45) is 1.92. The third-order valence-corrected chi connectivity index (χ3v) is 2.51. The molecule has 0 spiro atoms. The predicted octanol–water partition coefficient (Wildman–Crippen LogP) is 2.62. The Morgan fingerprint density at radius 2 is 2.20 bits per heavy atom. The normalized spacial score (nSPS) is 11.1. The molecule has 6 nitrogen and oxygen atoms in total. The highest BCUT2D eigenvalue weighted by molar-refractivity contribution is 5.88. The van der Waals surface area contributed by atoms with Crippen LogP contribution in [0.2, 0.25) is 0 Å². The van der Waals surface area contributed by atoms with Gasteiger partial charge in [-0.15, -0.1) is 0 Å². The minimum Gasteiger partial charge on any atom is -0.483 e. The highest BCUT2D eigenvalue weighted by atomic mass is 19.1. The Bertz CT molecular complexity index is 542. The number of benzene rings is 1. The van der Waals surface area contributed by atoms with E-state index in [1.165, 1.54) is 19.3 Å². The molecular formula is C13H14FNO5. The van der Waals surface area contributed by atoms with E-state index in [-0.39, 0.29) is 12.4 Å². The van der Waals surface area contributed by atoms with Crippen LogP contribution in [0.3, 0.4) is 0 Å². The Morgan fingerprint density at radius 3 is 2.75 bits per heavy atom. The molecule has 7 heteroatoms. The van der Waals surface area contributed by atoms with Gasteiger partial charge in [-0.1, -0.05) is 6.92 Å². The maximum Gasteiger partial charge on any atom is 0.333 e. The van der Waals surface area contributed by atoms with Crippen LogP contribution in [0.5, 0.6) is 5.75 Å². The van der Waals surface area contributed by atoms with Gasteiger partial charge in [0.05, 0.1) is 18.1 Å². The van der Waals surface area contributed by atoms with Crippen molar-refractivity contribution in [1.29, 1.82) is 0 Å². The molecule has 0 saturated carbocycles. The second-order valence-corrected chi connectivity index (χ2v) is 3.75. The first-order chi connectivity index (χ1) is 9.49. The van der Waals surface area contributed by atoms with Crippen molar-refractivity contribution >= 4 is 11.7 Å². The fourth-order valence-electron chi connectivity index (χ4n) is 1.49. The molecule has 108 valence electrons. The molecule has 0 fully saturated rings. The van der Waals surface area contributed by atoms with Gasteiger partial charge >= 0.3 is 11.7 Å². The molecule has 0 aliphatic carbocycles. The third kappa shape index (κ3) is 4.04. The number of rotatable bonds is 6. The SMILES string of the molecule is CCC(=CCOc1ccc(F)cc1[N+](=O)[O-])C(=O)OC. The standard InChI is InChI=1S/C13H14FNO5/c1-3-9(13(16)19-2)6-7-20-12-5-4-10(14)8-11(12)15(17)18/h4-6,8H,3,7H2,1-2H3. The molecule has 0 aromatic heterocycles. The van der Waals surface area contributed by atoms with Gasteiger partial charge in [0.25, 0.3) is 0 Å². The zero-order valence-corrected chi connectivity index (χ0v) is 11.1. The number of nitro groups is 1. The average Bonchev–Trinajstić information content (AvgIpc) is 2.44. The van der Waals surface area contributed by atoms with Gasteiger partial charge in [0.2, 0.25) is 0 Å². The van der Waals surface area contributed by atoms with Crippen molar-refractivity contribution < 1.29 is 23.6 Å². The molecule has 0 saturated heterocycles. The molecule has 1 rings (SSSR count). The van der Waals surface area contributed by atoms with Crippen LogP contribution in [0.4, 0.5) is 10.1 Å². The molecule has 0 unspecified atom stereocenters. The Morgan fingerprint density at radius 1 is 1.50 bits per heavy atom. The average molecular weight is 283 g/mol. The number of esters is 1. The molecule has 0 amide bonds. The molecule has 20 heavy (non-hydrogen) atoms. The summed E-state index contributed by atoms with van der Waals surface area (Å²) in [5, 5.41) is 10.8. The minimum atomic E-state index is -0.733. The molecule has 0 N–H and O–H groups in total. The predicted molar refractivity (Wildman–Crippen MR) is 68.9 cm³/mol. The Balaban J connectivity index is 2.82. The number of nitrogens with zero attached hydrogens (tertiary/aromatic N) is 1. The summed E-state index contributed by atoms with van der Waals surface area (Å²) in [7, 11) is 1.26. The maximum absolute atomic E-state index is 12.9. The molecule has 0 aliphatic rings. The van der Waals surface area contributed by atoms with Crippen molar-refractivity contribution in [1.82, 2.24) is 0 Å². The van der Waals surface area contributed by atoms with Crippen molar-refractivity contribution in [2.45, 2.75) is 13.3 Å². The third-order valence-electron chi connectivity index (χ3n) is 2.51. The van der Waals surface area contributed by atoms with Crippen LogP contribution in [0, 0.1) is 15.9 Å². The number of halogens is 1. The van der Waals surface area contributed by atoms with E-state index in [0.717, 1.165) is 12.1 Å². The topological polar surface area (TPSA) is 78.7 Å². The van der Waals surface area contributed by atoms with Crippen LogP contribution in [0.1, 0.15) is 13.3 Å². The number of ether oxygens (including phenoxy) is 2. The van der Waals surface area contributed by atoms with Crippen LogP contribution >= 0.6 is 0 Å². The van der Waals surface area contributed by atoms with E-state index in [9.17, 15) is 19.3 Å². The molecule has 1 aromatic carbocycles. The Hall–Kier alpha value is -2.44. The number of nitro benzene ring substituents is 1. The number of carbonyl (C=O) groups is 1. The van der Waals surface area contributed by atoms with E-state index >= 15 is 0 Å². The first kappa shape index (κ1) is 15.6. The zero-order valence-electron chi connectivity index (χ0n) is 11.1. The van der Waals surface area contributed by atoms with Crippen LogP contribution in [-0.2, 0) is 9.53 Å².